The topological polar surface area (TPSA) is 133 Å². The quantitative estimate of drug-likeness (QED) is 0.325. The minimum atomic E-state index is -1.01. The van der Waals surface area contributed by atoms with Gasteiger partial charge in [-0.2, -0.15) is 5.10 Å². The van der Waals surface area contributed by atoms with E-state index in [1.165, 1.54) is 30.2 Å². The van der Waals surface area contributed by atoms with Gasteiger partial charge in [0.1, 0.15) is 0 Å². The Balaban J connectivity index is 1.50. The van der Waals surface area contributed by atoms with Crippen LogP contribution in [0.25, 0.3) is 10.4 Å². The van der Waals surface area contributed by atoms with Crippen molar-refractivity contribution in [1.29, 1.82) is 0 Å². The highest BCUT2D eigenvalue weighted by Gasteiger charge is 2.17. The number of hydrogen-bond acceptors (Lipinski definition) is 7. The van der Waals surface area contributed by atoms with Crippen molar-refractivity contribution >= 4 is 40.3 Å². The minimum Gasteiger partial charge on any atom is -0.504 e. The molecule has 0 bridgehead atoms. The van der Waals surface area contributed by atoms with Gasteiger partial charge in [0, 0.05) is 36.1 Å². The molecule has 3 amide bonds. The maximum atomic E-state index is 14.1. The lowest BCUT2D eigenvalue weighted by atomic mass is 10.1. The Morgan fingerprint density at radius 2 is 2.03 bits per heavy atom. The van der Waals surface area contributed by atoms with Gasteiger partial charge >= 0.3 is 6.03 Å². The molecule has 1 aliphatic rings. The van der Waals surface area contributed by atoms with Crippen LogP contribution in [0.1, 0.15) is 28.8 Å². The summed E-state index contributed by atoms with van der Waals surface area (Å²) in [5.74, 6) is -2.34. The number of rotatable bonds is 6. The fourth-order valence-corrected chi connectivity index (χ4v) is 4.29. The van der Waals surface area contributed by atoms with Crippen molar-refractivity contribution in [3.8, 4) is 16.2 Å². The number of carbonyl (C=O) groups excluding carboxylic acids is 2. The zero-order valence-electron chi connectivity index (χ0n) is 17.4. The van der Waals surface area contributed by atoms with Crippen molar-refractivity contribution in [3.05, 3.63) is 59.5 Å². The van der Waals surface area contributed by atoms with Gasteiger partial charge in [-0.1, -0.05) is 23.5 Å². The summed E-state index contributed by atoms with van der Waals surface area (Å²) in [4.78, 5) is 30.8. The Labute approximate surface area is 192 Å². The molecule has 0 unspecified atom stereocenters. The van der Waals surface area contributed by atoms with E-state index in [0.29, 0.717) is 5.13 Å². The van der Waals surface area contributed by atoms with Crippen LogP contribution >= 0.6 is 11.3 Å². The zero-order valence-corrected chi connectivity index (χ0v) is 18.2. The molecule has 170 valence electrons. The van der Waals surface area contributed by atoms with E-state index >= 15 is 0 Å². The van der Waals surface area contributed by atoms with Crippen LogP contribution in [0.3, 0.4) is 0 Å². The molecule has 1 fully saturated rings. The van der Waals surface area contributed by atoms with Crippen molar-refractivity contribution in [3.63, 3.8) is 0 Å². The van der Waals surface area contributed by atoms with Crippen molar-refractivity contribution < 1.29 is 19.1 Å². The van der Waals surface area contributed by atoms with E-state index in [2.05, 4.69) is 32.4 Å². The molecule has 1 saturated heterocycles. The molecule has 2 aromatic carbocycles. The summed E-state index contributed by atoms with van der Waals surface area (Å²) in [5.41, 5.74) is 8.82. The molecule has 9 nitrogen and oxygen atoms in total. The summed E-state index contributed by atoms with van der Waals surface area (Å²) in [5, 5.41) is 16.3. The van der Waals surface area contributed by atoms with Gasteiger partial charge in [-0.25, -0.2) is 19.6 Å². The maximum Gasteiger partial charge on any atom is 0.332 e. The molecule has 5 N–H and O–H groups in total. The summed E-state index contributed by atoms with van der Waals surface area (Å²) in [6.07, 6.45) is 5.03. The van der Waals surface area contributed by atoms with E-state index < -0.39 is 23.5 Å². The first-order valence-electron chi connectivity index (χ1n) is 10.1. The van der Waals surface area contributed by atoms with Crippen molar-refractivity contribution in [2.75, 3.05) is 23.3 Å². The number of primary amides is 1. The number of carbonyl (C=O) groups is 2. The molecule has 2 heterocycles. The number of aromatic hydroxyl groups is 1. The number of phenols is 1. The first-order valence-corrected chi connectivity index (χ1v) is 11.0. The van der Waals surface area contributed by atoms with Gasteiger partial charge in [-0.15, -0.1) is 0 Å². The number of phenolic OH excluding ortho intramolecular Hbond substituents is 1. The van der Waals surface area contributed by atoms with E-state index in [1.807, 2.05) is 17.6 Å². The molecule has 1 aromatic heterocycles. The number of aromatic nitrogens is 1. The third-order valence-electron chi connectivity index (χ3n) is 5.06. The number of nitrogens with two attached hydrogens (primary N) is 1. The Morgan fingerprint density at radius 1 is 1.24 bits per heavy atom. The molecule has 4 rings (SSSR count). The number of hydrogen-bond donors (Lipinski definition) is 4. The number of nitrogens with zero attached hydrogens (tertiary/aromatic N) is 3. The third-order valence-corrected chi connectivity index (χ3v) is 6.02. The molecule has 1 aliphatic heterocycles. The lowest BCUT2D eigenvalue weighted by Gasteiger charge is -2.18. The lowest BCUT2D eigenvalue weighted by molar-refractivity contribution is 0.102. The highest BCUT2D eigenvalue weighted by Crippen LogP contribution is 2.32. The standard InChI is InChI=1S/C22H21FN6O3S/c23-17-10-14(8-15(19(17)30)11-26-28-21(24)32)20(31)27-22-25-12-18(33-22)13-4-3-5-16(9-13)29-6-1-2-7-29/h3-5,8-12,30H,1-2,6-7H2,(H3,24,28,32)(H,25,27,31)/b26-11+. The van der Waals surface area contributed by atoms with Gasteiger partial charge in [0.2, 0.25) is 0 Å². The number of urea groups is 1. The van der Waals surface area contributed by atoms with E-state index in [0.717, 1.165) is 41.5 Å². The molecule has 0 radical (unpaired) electrons. The molecule has 0 saturated carbocycles. The second-order valence-electron chi connectivity index (χ2n) is 7.36. The lowest BCUT2D eigenvalue weighted by Crippen LogP contribution is -2.24. The number of hydrazone groups is 1. The molecule has 11 heteroatoms. The van der Waals surface area contributed by atoms with E-state index in [1.54, 1.807) is 6.20 Å². The predicted molar refractivity (Wildman–Crippen MR) is 125 cm³/mol. The first-order chi connectivity index (χ1) is 15.9. The average molecular weight is 469 g/mol. The number of nitrogens with one attached hydrogen (secondary N) is 2. The largest absolute Gasteiger partial charge is 0.504 e. The molecule has 3 aromatic rings. The average Bonchev–Trinajstić information content (AvgIpc) is 3.49. The van der Waals surface area contributed by atoms with Crippen LogP contribution in [-0.4, -0.2) is 41.3 Å². The highest BCUT2D eigenvalue weighted by molar-refractivity contribution is 7.19. The molecule has 0 atom stereocenters. The summed E-state index contributed by atoms with van der Waals surface area (Å²) in [6, 6.07) is 9.37. The van der Waals surface area contributed by atoms with Gasteiger partial charge in [-0.3, -0.25) is 10.1 Å². The first kappa shape index (κ1) is 22.2. The molecular formula is C22H21FN6O3S. The van der Waals surface area contributed by atoms with E-state index in [9.17, 15) is 19.1 Å². The van der Waals surface area contributed by atoms with Crippen LogP contribution < -0.4 is 21.4 Å². The summed E-state index contributed by atoms with van der Waals surface area (Å²) < 4.78 is 14.1. The normalized spacial score (nSPS) is 13.4. The van der Waals surface area contributed by atoms with Gasteiger partial charge in [0.25, 0.3) is 5.91 Å². The highest BCUT2D eigenvalue weighted by atomic mass is 32.1. The van der Waals surface area contributed by atoms with Crippen LogP contribution in [0.2, 0.25) is 0 Å². The van der Waals surface area contributed by atoms with Gasteiger partial charge < -0.3 is 15.7 Å². The molecule has 33 heavy (non-hydrogen) atoms. The van der Waals surface area contributed by atoms with Crippen molar-refractivity contribution in [2.45, 2.75) is 12.8 Å². The maximum absolute atomic E-state index is 14.1. The summed E-state index contributed by atoms with van der Waals surface area (Å²) in [7, 11) is 0. The third kappa shape index (κ3) is 5.26. The summed E-state index contributed by atoms with van der Waals surface area (Å²) >= 11 is 1.30. The van der Waals surface area contributed by atoms with Crippen molar-refractivity contribution in [2.24, 2.45) is 10.8 Å². The van der Waals surface area contributed by atoms with Crippen LogP contribution in [-0.2, 0) is 0 Å². The number of amides is 3. The second kappa shape index (κ2) is 9.65. The van der Waals surface area contributed by atoms with E-state index in [4.69, 9.17) is 5.73 Å². The van der Waals surface area contributed by atoms with E-state index in [-0.39, 0.29) is 11.1 Å². The Kier molecular flexibility index (Phi) is 6.50. The Hall–Kier alpha value is -3.99. The number of thiazole rings is 1. The second-order valence-corrected chi connectivity index (χ2v) is 8.39. The Bertz CT molecular complexity index is 1220. The monoisotopic (exact) mass is 468 g/mol. The fraction of sp³-hybridized carbons (Fsp3) is 0.182. The SMILES string of the molecule is NC(=O)N/N=C/c1cc(C(=O)Nc2ncc(-c3cccc(N4CCCC4)c3)s2)cc(F)c1O. The molecule has 0 spiro atoms. The van der Waals surface area contributed by atoms with Gasteiger partial charge in [0.05, 0.1) is 11.1 Å². The van der Waals surface area contributed by atoms with Crippen LogP contribution in [0.5, 0.6) is 5.75 Å². The van der Waals surface area contributed by atoms with Crippen molar-refractivity contribution in [1.82, 2.24) is 10.4 Å². The van der Waals surface area contributed by atoms with Crippen LogP contribution in [0.4, 0.5) is 20.0 Å². The fourth-order valence-electron chi connectivity index (χ4n) is 3.48. The molecule has 0 aliphatic carbocycles. The minimum absolute atomic E-state index is 0.0568. The van der Waals surface area contributed by atoms with Crippen LogP contribution in [0.15, 0.2) is 47.7 Å². The number of benzene rings is 2. The summed E-state index contributed by atoms with van der Waals surface area (Å²) in [6.45, 7) is 2.09. The van der Waals surface area contributed by atoms with Gasteiger partial charge in [0.15, 0.2) is 16.7 Å². The van der Waals surface area contributed by atoms with Crippen LogP contribution in [0, 0.1) is 5.82 Å². The van der Waals surface area contributed by atoms with Gasteiger partial charge in [-0.05, 0) is 42.7 Å². The number of anilines is 2. The number of halogens is 1. The zero-order chi connectivity index (χ0) is 23.4. The smallest absolute Gasteiger partial charge is 0.332 e. The Morgan fingerprint density at radius 3 is 2.79 bits per heavy atom. The molecular weight excluding hydrogens is 447 g/mol. The predicted octanol–water partition coefficient (Wildman–Crippen LogP) is 3.51.